The third-order valence-corrected chi connectivity index (χ3v) is 2.98. The van der Waals surface area contributed by atoms with Gasteiger partial charge in [-0.15, -0.1) is 0 Å². The van der Waals surface area contributed by atoms with Crippen molar-refractivity contribution in [2.75, 3.05) is 0 Å². The number of nitrogens with one attached hydrogen (secondary N) is 2. The van der Waals surface area contributed by atoms with Crippen LogP contribution in [0.4, 0.5) is 0 Å². The minimum atomic E-state index is -0.430. The Kier molecular flexibility index (Phi) is 2.82. The molecule has 0 spiro atoms. The predicted molar refractivity (Wildman–Crippen MR) is 63.6 cm³/mol. The smallest absolute Gasteiger partial charge is 0.247 e. The van der Waals surface area contributed by atoms with Crippen molar-refractivity contribution in [3.8, 4) is 0 Å². The van der Waals surface area contributed by atoms with E-state index in [-0.39, 0.29) is 6.04 Å². The number of H-pyrrole nitrogens is 2. The molecule has 1 unspecified atom stereocenters. The Hall–Kier alpha value is -1.56. The molecule has 0 aliphatic carbocycles. The average molecular weight is 284 g/mol. The lowest BCUT2D eigenvalue weighted by molar-refractivity contribution is 0.597. The van der Waals surface area contributed by atoms with Gasteiger partial charge >= 0.3 is 11.4 Å². The van der Waals surface area contributed by atoms with Crippen molar-refractivity contribution in [1.29, 1.82) is 0 Å². The first-order valence-electron chi connectivity index (χ1n) is 4.74. The molecule has 1 atom stereocenters. The minimum Gasteiger partial charge on any atom is -0.247 e. The summed E-state index contributed by atoms with van der Waals surface area (Å²) in [5.74, 6) is 0. The molecule has 6 heteroatoms. The molecule has 16 heavy (non-hydrogen) atoms. The number of hydrogen-bond acceptors (Lipinski definition) is 2. The summed E-state index contributed by atoms with van der Waals surface area (Å²) in [7, 11) is 0. The molecule has 1 aromatic heterocycles. The van der Waals surface area contributed by atoms with E-state index in [1.165, 1.54) is 0 Å². The van der Waals surface area contributed by atoms with Crippen LogP contribution in [0.15, 0.2) is 38.3 Å². The van der Waals surface area contributed by atoms with Gasteiger partial charge in [-0.2, -0.15) is 0 Å². The molecule has 0 saturated heterocycles. The summed E-state index contributed by atoms with van der Waals surface area (Å²) in [5, 5.41) is 4.52. The fourth-order valence-corrected chi connectivity index (χ4v) is 1.83. The van der Waals surface area contributed by atoms with Crippen molar-refractivity contribution >= 4 is 15.9 Å². The van der Waals surface area contributed by atoms with E-state index in [9.17, 15) is 9.59 Å². The number of nitrogens with zero attached hydrogens (tertiary/aromatic N) is 1. The fraction of sp³-hybridized carbons (Fsp3) is 0.200. The van der Waals surface area contributed by atoms with Crippen LogP contribution in [-0.2, 0) is 0 Å². The summed E-state index contributed by atoms with van der Waals surface area (Å²) in [6.07, 6.45) is 0. The third kappa shape index (κ3) is 1.88. The predicted octanol–water partition coefficient (Wildman–Crippen LogP) is 1.24. The third-order valence-electron chi connectivity index (χ3n) is 2.45. The van der Waals surface area contributed by atoms with Gasteiger partial charge in [0.05, 0.1) is 6.04 Å². The van der Waals surface area contributed by atoms with Crippen molar-refractivity contribution in [2.24, 2.45) is 0 Å². The van der Waals surface area contributed by atoms with E-state index in [1.807, 2.05) is 24.3 Å². The molecule has 84 valence electrons. The van der Waals surface area contributed by atoms with Crippen LogP contribution >= 0.6 is 15.9 Å². The normalized spacial score (nSPS) is 12.6. The lowest BCUT2D eigenvalue weighted by Crippen LogP contribution is -2.30. The number of aromatic amines is 2. The first kappa shape index (κ1) is 10.9. The van der Waals surface area contributed by atoms with Crippen LogP contribution in [0.2, 0.25) is 0 Å². The van der Waals surface area contributed by atoms with Gasteiger partial charge in [-0.05, 0) is 24.6 Å². The molecule has 1 heterocycles. The number of rotatable bonds is 2. The van der Waals surface area contributed by atoms with Gasteiger partial charge < -0.3 is 0 Å². The van der Waals surface area contributed by atoms with Crippen LogP contribution in [0.3, 0.4) is 0 Å². The van der Waals surface area contributed by atoms with Gasteiger partial charge in [0.25, 0.3) is 0 Å². The van der Waals surface area contributed by atoms with Gasteiger partial charge in [0.15, 0.2) is 0 Å². The summed E-state index contributed by atoms with van der Waals surface area (Å²) in [6, 6.07) is 7.19. The maximum Gasteiger partial charge on any atom is 0.344 e. The monoisotopic (exact) mass is 283 g/mol. The van der Waals surface area contributed by atoms with Crippen LogP contribution in [0.25, 0.3) is 0 Å². The zero-order valence-corrected chi connectivity index (χ0v) is 10.1. The topological polar surface area (TPSA) is 70.7 Å². The molecule has 1 aromatic carbocycles. The largest absolute Gasteiger partial charge is 0.344 e. The first-order chi connectivity index (χ1) is 7.59. The van der Waals surface area contributed by atoms with E-state index >= 15 is 0 Å². The number of hydrogen-bond donors (Lipinski definition) is 2. The lowest BCUT2D eigenvalue weighted by Gasteiger charge is -2.10. The van der Waals surface area contributed by atoms with Crippen LogP contribution < -0.4 is 11.4 Å². The fourth-order valence-electron chi connectivity index (χ4n) is 1.56. The quantitative estimate of drug-likeness (QED) is 0.871. The molecule has 2 rings (SSSR count). The Balaban J connectivity index is 2.47. The van der Waals surface area contributed by atoms with Crippen molar-refractivity contribution in [3.05, 3.63) is 55.3 Å². The molecule has 0 fully saturated rings. The van der Waals surface area contributed by atoms with Crippen LogP contribution in [0, 0.1) is 0 Å². The molecule has 0 aliphatic heterocycles. The summed E-state index contributed by atoms with van der Waals surface area (Å²) in [5.41, 5.74) is 0.0382. The van der Waals surface area contributed by atoms with Gasteiger partial charge in [0.1, 0.15) is 0 Å². The maximum atomic E-state index is 11.4. The second-order valence-electron chi connectivity index (χ2n) is 3.46. The highest BCUT2D eigenvalue weighted by Crippen LogP contribution is 2.17. The van der Waals surface area contributed by atoms with E-state index in [2.05, 4.69) is 26.1 Å². The van der Waals surface area contributed by atoms with Crippen molar-refractivity contribution in [2.45, 2.75) is 13.0 Å². The molecular weight excluding hydrogens is 274 g/mol. The second-order valence-corrected chi connectivity index (χ2v) is 4.37. The van der Waals surface area contributed by atoms with Crippen molar-refractivity contribution in [1.82, 2.24) is 14.8 Å². The summed E-state index contributed by atoms with van der Waals surface area (Å²) in [6.45, 7) is 1.80. The summed E-state index contributed by atoms with van der Waals surface area (Å²) >= 11 is 3.33. The van der Waals surface area contributed by atoms with Gasteiger partial charge in [-0.25, -0.2) is 24.4 Å². The Morgan fingerprint density at radius 3 is 2.12 bits per heavy atom. The zero-order valence-electron chi connectivity index (χ0n) is 8.53. The maximum absolute atomic E-state index is 11.4. The zero-order chi connectivity index (χ0) is 11.7. The molecule has 2 aromatic rings. The van der Waals surface area contributed by atoms with Crippen LogP contribution in [-0.4, -0.2) is 14.8 Å². The number of aromatic nitrogens is 3. The molecule has 0 amide bonds. The van der Waals surface area contributed by atoms with Crippen molar-refractivity contribution < 1.29 is 0 Å². The lowest BCUT2D eigenvalue weighted by atomic mass is 10.1. The van der Waals surface area contributed by atoms with E-state index in [0.29, 0.717) is 0 Å². The second kappa shape index (κ2) is 4.13. The molecule has 5 nitrogen and oxygen atoms in total. The highest BCUT2D eigenvalue weighted by Gasteiger charge is 2.13. The summed E-state index contributed by atoms with van der Waals surface area (Å²) in [4.78, 5) is 22.8. The van der Waals surface area contributed by atoms with E-state index in [0.717, 1.165) is 14.6 Å². The number of benzene rings is 1. The molecule has 0 radical (unpaired) electrons. The van der Waals surface area contributed by atoms with Crippen molar-refractivity contribution in [3.63, 3.8) is 0 Å². The van der Waals surface area contributed by atoms with Gasteiger partial charge in [0.2, 0.25) is 0 Å². The van der Waals surface area contributed by atoms with Crippen LogP contribution in [0.5, 0.6) is 0 Å². The Morgan fingerprint density at radius 1 is 1.12 bits per heavy atom. The van der Waals surface area contributed by atoms with Crippen LogP contribution in [0.1, 0.15) is 18.5 Å². The molecule has 0 aliphatic rings. The van der Waals surface area contributed by atoms with Gasteiger partial charge in [-0.3, -0.25) is 0 Å². The molecular formula is C10H10BrN3O2. The average Bonchev–Trinajstić information content (AvgIpc) is 2.59. The van der Waals surface area contributed by atoms with E-state index in [1.54, 1.807) is 6.92 Å². The Labute approximate surface area is 99.2 Å². The SMILES string of the molecule is CC(c1ccc(Br)cc1)n1c(=O)[nH][nH]c1=O. The highest BCUT2D eigenvalue weighted by atomic mass is 79.9. The van der Waals surface area contributed by atoms with E-state index < -0.39 is 11.4 Å². The standard InChI is InChI=1S/C10H10BrN3O2/c1-6(7-2-4-8(11)5-3-7)14-9(15)12-13-10(14)16/h2-6H,1H3,(H,12,15)(H,13,16). The Bertz CT molecular complexity index is 566. The first-order valence-corrected chi connectivity index (χ1v) is 5.53. The summed E-state index contributed by atoms with van der Waals surface area (Å²) < 4.78 is 2.10. The highest BCUT2D eigenvalue weighted by molar-refractivity contribution is 9.10. The van der Waals surface area contributed by atoms with Gasteiger partial charge in [-0.1, -0.05) is 28.1 Å². The minimum absolute atomic E-state index is 0.296. The van der Waals surface area contributed by atoms with Gasteiger partial charge in [0, 0.05) is 4.47 Å². The molecule has 0 bridgehead atoms. The molecule has 0 saturated carbocycles. The van der Waals surface area contributed by atoms with E-state index in [4.69, 9.17) is 0 Å². The number of halogens is 1. The molecule has 2 N–H and O–H groups in total. The Morgan fingerprint density at radius 2 is 1.62 bits per heavy atom.